The van der Waals surface area contributed by atoms with Crippen molar-refractivity contribution in [2.75, 3.05) is 17.7 Å². The van der Waals surface area contributed by atoms with Gasteiger partial charge in [-0.1, -0.05) is 12.1 Å². The van der Waals surface area contributed by atoms with E-state index < -0.39 is 18.3 Å². The van der Waals surface area contributed by atoms with E-state index in [1.54, 1.807) is 25.2 Å². The molecule has 5 nitrogen and oxygen atoms in total. The summed E-state index contributed by atoms with van der Waals surface area (Å²) < 4.78 is 0. The molecule has 15 heavy (non-hydrogen) atoms. The molecule has 0 bridgehead atoms. The van der Waals surface area contributed by atoms with E-state index in [9.17, 15) is 9.59 Å². The Bertz CT molecular complexity index is 377. The van der Waals surface area contributed by atoms with Gasteiger partial charge in [-0.25, -0.2) is 0 Å². The molecular weight excluding hydrogens is 196 g/mol. The number of carboxylic acids is 1. The van der Waals surface area contributed by atoms with E-state index in [0.717, 1.165) is 5.69 Å². The van der Waals surface area contributed by atoms with Crippen molar-refractivity contribution < 1.29 is 14.7 Å². The van der Waals surface area contributed by atoms with E-state index in [0.29, 0.717) is 5.69 Å². The second-order valence-corrected chi connectivity index (χ2v) is 2.91. The van der Waals surface area contributed by atoms with Gasteiger partial charge in [-0.05, 0) is 12.1 Å². The third-order valence-electron chi connectivity index (χ3n) is 1.78. The molecule has 1 aromatic rings. The van der Waals surface area contributed by atoms with E-state index in [-0.39, 0.29) is 0 Å². The van der Waals surface area contributed by atoms with E-state index in [4.69, 9.17) is 5.11 Å². The minimum absolute atomic E-state index is 0.530. The maximum absolute atomic E-state index is 11.2. The van der Waals surface area contributed by atoms with Gasteiger partial charge in [0.15, 0.2) is 0 Å². The van der Waals surface area contributed by atoms with Crippen molar-refractivity contribution in [1.29, 1.82) is 0 Å². The molecule has 0 unspecified atom stereocenters. The van der Waals surface area contributed by atoms with Gasteiger partial charge in [0.2, 0.25) is 5.91 Å². The molecule has 0 spiro atoms. The van der Waals surface area contributed by atoms with Crippen molar-refractivity contribution >= 4 is 23.3 Å². The Balaban J connectivity index is 2.71. The Morgan fingerprint density at radius 1 is 1.27 bits per heavy atom. The summed E-state index contributed by atoms with van der Waals surface area (Å²) in [6, 6.07) is 7.07. The van der Waals surface area contributed by atoms with E-state index >= 15 is 0 Å². The Morgan fingerprint density at radius 3 is 2.40 bits per heavy atom. The summed E-state index contributed by atoms with van der Waals surface area (Å²) in [5.74, 6) is -1.68. The highest BCUT2D eigenvalue weighted by Gasteiger charge is 2.09. The summed E-state index contributed by atoms with van der Waals surface area (Å²) in [7, 11) is 1.72. The Morgan fingerprint density at radius 2 is 1.87 bits per heavy atom. The van der Waals surface area contributed by atoms with Gasteiger partial charge in [0.05, 0.1) is 11.4 Å². The number of hydrogen-bond donors (Lipinski definition) is 3. The molecule has 0 fully saturated rings. The Hall–Kier alpha value is -2.04. The van der Waals surface area contributed by atoms with Crippen molar-refractivity contribution in [2.24, 2.45) is 0 Å². The number of hydrogen-bond acceptors (Lipinski definition) is 3. The van der Waals surface area contributed by atoms with Crippen LogP contribution in [0.1, 0.15) is 6.42 Å². The second-order valence-electron chi connectivity index (χ2n) is 2.91. The largest absolute Gasteiger partial charge is 0.481 e. The second kappa shape index (κ2) is 4.99. The molecule has 0 saturated carbocycles. The molecule has 0 aliphatic heterocycles. The van der Waals surface area contributed by atoms with Gasteiger partial charge in [0.1, 0.15) is 6.42 Å². The number of carbonyl (C=O) groups is 2. The number of carbonyl (C=O) groups excluding carboxylic acids is 1. The lowest BCUT2D eigenvalue weighted by Crippen LogP contribution is -2.16. The molecule has 1 aromatic carbocycles. The summed E-state index contributed by atoms with van der Waals surface area (Å²) in [4.78, 5) is 21.4. The van der Waals surface area contributed by atoms with Gasteiger partial charge in [0, 0.05) is 7.05 Å². The number of carboxylic acid groups (broad SMARTS) is 1. The van der Waals surface area contributed by atoms with Gasteiger partial charge in [0.25, 0.3) is 0 Å². The van der Waals surface area contributed by atoms with Crippen LogP contribution in [-0.4, -0.2) is 24.0 Å². The quantitative estimate of drug-likeness (QED) is 0.648. The number of benzene rings is 1. The molecule has 0 aromatic heterocycles. The van der Waals surface area contributed by atoms with Crippen LogP contribution in [0.3, 0.4) is 0 Å². The monoisotopic (exact) mass is 208 g/mol. The fraction of sp³-hybridized carbons (Fsp3) is 0.200. The molecule has 0 atom stereocenters. The lowest BCUT2D eigenvalue weighted by atomic mass is 10.2. The van der Waals surface area contributed by atoms with E-state index in [1.165, 1.54) is 0 Å². The van der Waals surface area contributed by atoms with Crippen molar-refractivity contribution in [3.05, 3.63) is 24.3 Å². The fourth-order valence-electron chi connectivity index (χ4n) is 1.14. The molecule has 0 aliphatic rings. The number of aliphatic carboxylic acids is 1. The summed E-state index contributed by atoms with van der Waals surface area (Å²) in [5.41, 5.74) is 1.32. The third-order valence-corrected chi connectivity index (χ3v) is 1.78. The topological polar surface area (TPSA) is 78.4 Å². The predicted octanol–water partition coefficient (Wildman–Crippen LogP) is 1.14. The van der Waals surface area contributed by atoms with Crippen LogP contribution in [0.5, 0.6) is 0 Å². The average Bonchev–Trinajstić information content (AvgIpc) is 2.17. The molecular formula is C10H12N2O3. The smallest absolute Gasteiger partial charge is 0.312 e. The van der Waals surface area contributed by atoms with Gasteiger partial charge in [-0.3, -0.25) is 9.59 Å². The van der Waals surface area contributed by atoms with Crippen LogP contribution < -0.4 is 10.6 Å². The zero-order valence-electron chi connectivity index (χ0n) is 8.28. The minimum Gasteiger partial charge on any atom is -0.481 e. The highest BCUT2D eigenvalue weighted by Crippen LogP contribution is 2.19. The molecule has 0 saturated heterocycles. The van der Waals surface area contributed by atoms with Crippen LogP contribution in [0, 0.1) is 0 Å². The summed E-state index contributed by atoms with van der Waals surface area (Å²) in [5, 5.41) is 13.8. The van der Waals surface area contributed by atoms with Crippen LogP contribution in [0.2, 0.25) is 0 Å². The lowest BCUT2D eigenvalue weighted by Gasteiger charge is -2.09. The van der Waals surface area contributed by atoms with Gasteiger partial charge in [-0.15, -0.1) is 0 Å². The average molecular weight is 208 g/mol. The van der Waals surface area contributed by atoms with Crippen LogP contribution in [-0.2, 0) is 9.59 Å². The van der Waals surface area contributed by atoms with Crippen LogP contribution in [0.15, 0.2) is 24.3 Å². The summed E-state index contributed by atoms with van der Waals surface area (Å²) >= 11 is 0. The third kappa shape index (κ3) is 3.30. The number of amides is 1. The summed E-state index contributed by atoms with van der Waals surface area (Å²) in [6.45, 7) is 0. The van der Waals surface area contributed by atoms with E-state index in [1.807, 2.05) is 6.07 Å². The molecule has 80 valence electrons. The maximum atomic E-state index is 11.2. The van der Waals surface area contributed by atoms with Crippen molar-refractivity contribution in [2.45, 2.75) is 6.42 Å². The first kappa shape index (κ1) is 11.0. The zero-order chi connectivity index (χ0) is 11.3. The number of rotatable bonds is 4. The summed E-state index contributed by atoms with van der Waals surface area (Å²) in [6.07, 6.45) is -0.530. The van der Waals surface area contributed by atoms with Crippen molar-refractivity contribution in [3.8, 4) is 0 Å². The standard InChI is InChI=1S/C10H12N2O3/c1-11-7-4-2-3-5-8(7)12-9(13)6-10(14)15/h2-5,11H,6H2,1H3,(H,12,13)(H,14,15). The molecule has 3 N–H and O–H groups in total. The Kier molecular flexibility index (Phi) is 3.68. The molecule has 1 amide bonds. The number of para-hydroxylation sites is 2. The normalized spacial score (nSPS) is 9.40. The van der Waals surface area contributed by atoms with Gasteiger partial charge < -0.3 is 15.7 Å². The number of nitrogens with one attached hydrogen (secondary N) is 2. The van der Waals surface area contributed by atoms with E-state index in [2.05, 4.69) is 10.6 Å². The van der Waals surface area contributed by atoms with Crippen molar-refractivity contribution in [3.63, 3.8) is 0 Å². The van der Waals surface area contributed by atoms with Crippen LogP contribution in [0.25, 0.3) is 0 Å². The lowest BCUT2D eigenvalue weighted by molar-refractivity contribution is -0.139. The minimum atomic E-state index is -1.14. The highest BCUT2D eigenvalue weighted by molar-refractivity contribution is 6.02. The molecule has 0 aliphatic carbocycles. The molecule has 5 heteroatoms. The van der Waals surface area contributed by atoms with Gasteiger partial charge in [-0.2, -0.15) is 0 Å². The fourth-order valence-corrected chi connectivity index (χ4v) is 1.14. The first-order chi connectivity index (χ1) is 7.13. The first-order valence-corrected chi connectivity index (χ1v) is 4.42. The molecule has 0 radical (unpaired) electrons. The van der Waals surface area contributed by atoms with Crippen LogP contribution in [0.4, 0.5) is 11.4 Å². The molecule has 1 rings (SSSR count). The highest BCUT2D eigenvalue weighted by atomic mass is 16.4. The van der Waals surface area contributed by atoms with Gasteiger partial charge >= 0.3 is 5.97 Å². The Labute approximate surface area is 87.1 Å². The predicted molar refractivity (Wildman–Crippen MR) is 56.9 cm³/mol. The van der Waals surface area contributed by atoms with Crippen LogP contribution >= 0.6 is 0 Å². The van der Waals surface area contributed by atoms with Crippen molar-refractivity contribution in [1.82, 2.24) is 0 Å². The molecule has 0 heterocycles. The SMILES string of the molecule is CNc1ccccc1NC(=O)CC(=O)O. The zero-order valence-corrected chi connectivity index (χ0v) is 8.28. The number of anilines is 2. The first-order valence-electron chi connectivity index (χ1n) is 4.42. The maximum Gasteiger partial charge on any atom is 0.312 e.